The lowest BCUT2D eigenvalue weighted by atomic mass is 9.94. The van der Waals surface area contributed by atoms with Crippen LogP contribution in [0.1, 0.15) is 48.3 Å². The molecule has 0 saturated carbocycles. The van der Waals surface area contributed by atoms with Gasteiger partial charge < -0.3 is 9.26 Å². The lowest BCUT2D eigenvalue weighted by molar-refractivity contribution is 0.304. The van der Waals surface area contributed by atoms with Gasteiger partial charge in [0, 0.05) is 5.56 Å². The Morgan fingerprint density at radius 3 is 2.82 bits per heavy atom. The van der Waals surface area contributed by atoms with Crippen LogP contribution in [0.25, 0.3) is 0 Å². The number of ether oxygens (including phenoxy) is 1. The molecule has 0 aliphatic rings. The fourth-order valence-electron chi connectivity index (χ4n) is 2.59. The van der Waals surface area contributed by atoms with Gasteiger partial charge in [-0.05, 0) is 50.8 Å². The van der Waals surface area contributed by atoms with Crippen LogP contribution < -0.4 is 4.74 Å². The van der Waals surface area contributed by atoms with Crippen LogP contribution in [-0.4, -0.2) is 11.8 Å². The Morgan fingerprint density at radius 1 is 1.36 bits per heavy atom. The Bertz CT molecular complexity index is 636. The highest BCUT2D eigenvalue weighted by Gasteiger charge is 2.19. The third-order valence-corrected chi connectivity index (χ3v) is 3.81. The first kappa shape index (κ1) is 16.1. The van der Waals surface area contributed by atoms with Gasteiger partial charge in [-0.25, -0.2) is 0 Å². The summed E-state index contributed by atoms with van der Waals surface area (Å²) >= 11 is 0. The van der Waals surface area contributed by atoms with Gasteiger partial charge in [0.1, 0.15) is 11.5 Å². The van der Waals surface area contributed by atoms with E-state index in [1.807, 2.05) is 26.0 Å². The molecule has 1 unspecified atom stereocenters. The van der Waals surface area contributed by atoms with Crippen molar-refractivity contribution in [2.75, 3.05) is 6.61 Å². The fraction of sp³-hybridized carbons (Fsp3) is 0.444. The number of aromatic nitrogens is 1. The van der Waals surface area contributed by atoms with Crippen molar-refractivity contribution < 1.29 is 9.26 Å². The second-order valence-electron chi connectivity index (χ2n) is 5.41. The first-order valence-electron chi connectivity index (χ1n) is 7.69. The average molecular weight is 298 g/mol. The molecular weight excluding hydrogens is 276 g/mol. The topological polar surface area (TPSA) is 59.0 Å². The molecule has 1 atom stereocenters. The van der Waals surface area contributed by atoms with Crippen molar-refractivity contribution in [2.24, 2.45) is 0 Å². The molecule has 1 aromatic carbocycles. The van der Waals surface area contributed by atoms with Crippen molar-refractivity contribution in [1.29, 1.82) is 5.26 Å². The summed E-state index contributed by atoms with van der Waals surface area (Å²) in [6.07, 6.45) is 2.56. The number of benzene rings is 1. The first-order valence-corrected chi connectivity index (χ1v) is 7.69. The molecule has 1 aromatic heterocycles. The van der Waals surface area contributed by atoms with E-state index in [0.717, 1.165) is 42.0 Å². The van der Waals surface area contributed by atoms with Crippen LogP contribution >= 0.6 is 0 Å². The van der Waals surface area contributed by atoms with Crippen molar-refractivity contribution in [3.05, 3.63) is 46.8 Å². The third kappa shape index (κ3) is 3.88. The highest BCUT2D eigenvalue weighted by Crippen LogP contribution is 2.27. The van der Waals surface area contributed by atoms with E-state index in [4.69, 9.17) is 9.26 Å². The molecule has 2 rings (SSSR count). The molecule has 0 aliphatic carbocycles. The molecule has 0 amide bonds. The summed E-state index contributed by atoms with van der Waals surface area (Å²) in [6.45, 7) is 6.46. The lowest BCUT2D eigenvalue weighted by Gasteiger charge is -2.10. The van der Waals surface area contributed by atoms with E-state index in [1.165, 1.54) is 5.56 Å². The summed E-state index contributed by atoms with van der Waals surface area (Å²) in [5, 5.41) is 13.3. The van der Waals surface area contributed by atoms with Gasteiger partial charge in [-0.3, -0.25) is 0 Å². The van der Waals surface area contributed by atoms with Gasteiger partial charge in [-0.15, -0.1) is 0 Å². The van der Waals surface area contributed by atoms with Crippen molar-refractivity contribution in [3.8, 4) is 11.8 Å². The highest BCUT2D eigenvalue weighted by atomic mass is 16.5. The van der Waals surface area contributed by atoms with Crippen LogP contribution in [0.3, 0.4) is 0 Å². The molecule has 4 nitrogen and oxygen atoms in total. The SMILES string of the molecule is CCc1cccc(OCCCC(C#N)c2c(C)noc2C)c1. The second kappa shape index (κ2) is 7.65. The summed E-state index contributed by atoms with van der Waals surface area (Å²) in [6, 6.07) is 10.5. The zero-order chi connectivity index (χ0) is 15.9. The van der Waals surface area contributed by atoms with E-state index in [1.54, 1.807) is 0 Å². The summed E-state index contributed by atoms with van der Waals surface area (Å²) in [5.41, 5.74) is 3.00. The van der Waals surface area contributed by atoms with E-state index < -0.39 is 0 Å². The molecule has 22 heavy (non-hydrogen) atoms. The Balaban J connectivity index is 1.86. The molecule has 1 heterocycles. The molecule has 0 saturated heterocycles. The van der Waals surface area contributed by atoms with Crippen LogP contribution in [0.15, 0.2) is 28.8 Å². The van der Waals surface area contributed by atoms with Crippen LogP contribution in [0.4, 0.5) is 0 Å². The molecule has 0 aliphatic heterocycles. The number of hydrogen-bond donors (Lipinski definition) is 0. The van der Waals surface area contributed by atoms with Gasteiger partial charge in [-0.2, -0.15) is 5.26 Å². The summed E-state index contributed by atoms with van der Waals surface area (Å²) in [4.78, 5) is 0. The lowest BCUT2D eigenvalue weighted by Crippen LogP contribution is -2.03. The normalized spacial score (nSPS) is 11.9. The highest BCUT2D eigenvalue weighted by molar-refractivity contribution is 5.30. The number of nitrogens with zero attached hydrogens (tertiary/aromatic N) is 2. The molecular formula is C18H22N2O2. The largest absolute Gasteiger partial charge is 0.494 e. The maximum atomic E-state index is 9.37. The fourth-order valence-corrected chi connectivity index (χ4v) is 2.59. The van der Waals surface area contributed by atoms with E-state index in [2.05, 4.69) is 30.3 Å². The minimum absolute atomic E-state index is 0.183. The summed E-state index contributed by atoms with van der Waals surface area (Å²) in [7, 11) is 0. The van der Waals surface area contributed by atoms with E-state index in [-0.39, 0.29) is 5.92 Å². The quantitative estimate of drug-likeness (QED) is 0.714. The number of aryl methyl sites for hydroxylation is 3. The Morgan fingerprint density at radius 2 is 2.18 bits per heavy atom. The number of hydrogen-bond acceptors (Lipinski definition) is 4. The van der Waals surface area contributed by atoms with E-state index in [9.17, 15) is 5.26 Å². The first-order chi connectivity index (χ1) is 10.7. The minimum Gasteiger partial charge on any atom is -0.494 e. The molecule has 2 aromatic rings. The maximum absolute atomic E-state index is 9.37. The third-order valence-electron chi connectivity index (χ3n) is 3.81. The molecule has 0 fully saturated rings. The molecule has 0 radical (unpaired) electrons. The van der Waals surface area contributed by atoms with Gasteiger partial charge in [0.15, 0.2) is 0 Å². The van der Waals surface area contributed by atoms with Gasteiger partial charge in [0.2, 0.25) is 0 Å². The molecule has 0 N–H and O–H groups in total. The van der Waals surface area contributed by atoms with E-state index in [0.29, 0.717) is 6.61 Å². The minimum atomic E-state index is -0.183. The summed E-state index contributed by atoms with van der Waals surface area (Å²) < 4.78 is 10.9. The average Bonchev–Trinajstić information content (AvgIpc) is 2.87. The van der Waals surface area contributed by atoms with Gasteiger partial charge in [0.05, 0.1) is 24.3 Å². The Hall–Kier alpha value is -2.28. The Kier molecular flexibility index (Phi) is 5.60. The second-order valence-corrected chi connectivity index (χ2v) is 5.41. The number of nitriles is 1. The zero-order valence-corrected chi connectivity index (χ0v) is 13.4. The smallest absolute Gasteiger partial charge is 0.138 e. The zero-order valence-electron chi connectivity index (χ0n) is 13.4. The van der Waals surface area contributed by atoms with Crippen molar-refractivity contribution in [2.45, 2.75) is 46.0 Å². The van der Waals surface area contributed by atoms with Crippen molar-refractivity contribution in [3.63, 3.8) is 0 Å². The molecule has 0 bridgehead atoms. The summed E-state index contributed by atoms with van der Waals surface area (Å²) in [5.74, 6) is 1.45. The van der Waals surface area contributed by atoms with Crippen LogP contribution in [0.5, 0.6) is 5.75 Å². The van der Waals surface area contributed by atoms with Crippen molar-refractivity contribution in [1.82, 2.24) is 5.16 Å². The standard InChI is InChI=1S/C18H22N2O2/c1-4-15-7-5-9-17(11-15)21-10-6-8-16(12-19)18-13(2)20-22-14(18)3/h5,7,9,11,16H,4,6,8,10H2,1-3H3. The van der Waals surface area contributed by atoms with Crippen molar-refractivity contribution >= 4 is 0 Å². The predicted molar refractivity (Wildman–Crippen MR) is 84.9 cm³/mol. The van der Waals surface area contributed by atoms with Gasteiger partial charge in [0.25, 0.3) is 0 Å². The van der Waals surface area contributed by atoms with Gasteiger partial charge >= 0.3 is 0 Å². The predicted octanol–water partition coefficient (Wildman–Crippen LogP) is 4.32. The monoisotopic (exact) mass is 298 g/mol. The van der Waals surface area contributed by atoms with Crippen LogP contribution in [0, 0.1) is 25.2 Å². The van der Waals surface area contributed by atoms with Crippen LogP contribution in [-0.2, 0) is 6.42 Å². The number of rotatable bonds is 7. The molecule has 116 valence electrons. The molecule has 0 spiro atoms. The molecule has 4 heteroatoms. The maximum Gasteiger partial charge on any atom is 0.138 e. The van der Waals surface area contributed by atoms with Crippen LogP contribution in [0.2, 0.25) is 0 Å². The van der Waals surface area contributed by atoms with Gasteiger partial charge in [-0.1, -0.05) is 24.2 Å². The van der Waals surface area contributed by atoms with E-state index >= 15 is 0 Å². The Labute approximate surface area is 131 Å².